The van der Waals surface area contributed by atoms with Gasteiger partial charge in [-0.25, -0.2) is 0 Å². The van der Waals surface area contributed by atoms with Crippen molar-refractivity contribution < 1.29 is 19.1 Å². The normalized spacial score (nSPS) is 12.3. The van der Waals surface area contributed by atoms with E-state index in [1.54, 1.807) is 43.5 Å². The predicted octanol–water partition coefficient (Wildman–Crippen LogP) is 2.45. The molecule has 0 bridgehead atoms. The smallest absolute Gasteiger partial charge is 0.259 e. The van der Waals surface area contributed by atoms with Gasteiger partial charge in [0.25, 0.3) is 5.91 Å². The van der Waals surface area contributed by atoms with Crippen molar-refractivity contribution >= 4 is 23.2 Å². The van der Waals surface area contributed by atoms with Gasteiger partial charge in [-0.15, -0.1) is 0 Å². The van der Waals surface area contributed by atoms with Crippen molar-refractivity contribution in [1.29, 1.82) is 0 Å². The molecule has 0 atom stereocenters. The molecule has 0 spiro atoms. The summed E-state index contributed by atoms with van der Waals surface area (Å²) in [5.41, 5.74) is 2.69. The zero-order chi connectivity index (χ0) is 16.4. The molecule has 0 aromatic heterocycles. The van der Waals surface area contributed by atoms with Gasteiger partial charge in [0.2, 0.25) is 5.91 Å². The Bertz CT molecular complexity index is 786. The van der Waals surface area contributed by atoms with E-state index in [9.17, 15) is 9.59 Å². The fourth-order valence-electron chi connectivity index (χ4n) is 2.49. The van der Waals surface area contributed by atoms with E-state index in [-0.39, 0.29) is 11.8 Å². The zero-order valence-electron chi connectivity index (χ0n) is 12.8. The summed E-state index contributed by atoms with van der Waals surface area (Å²) in [6.07, 6.45) is 0.324. The number of ether oxygens (including phenoxy) is 2. The zero-order valence-corrected chi connectivity index (χ0v) is 12.8. The Morgan fingerprint density at radius 2 is 1.96 bits per heavy atom. The standard InChI is InChI=1S/C17H16N2O4/c1-22-12-4-5-13(15(9-12)23-2)17(21)18-11-3-6-14-10(7-11)8-16(20)19-14/h3-7,9H,8H2,1-2H3,(H,18,21)(H,19,20). The van der Waals surface area contributed by atoms with Crippen LogP contribution in [0.15, 0.2) is 36.4 Å². The van der Waals surface area contributed by atoms with Crippen LogP contribution in [0.4, 0.5) is 11.4 Å². The highest BCUT2D eigenvalue weighted by atomic mass is 16.5. The molecule has 0 aliphatic carbocycles. The van der Waals surface area contributed by atoms with Crippen LogP contribution in [0, 0.1) is 0 Å². The number of carbonyl (C=O) groups excluding carboxylic acids is 2. The molecular formula is C17H16N2O4. The van der Waals surface area contributed by atoms with Crippen LogP contribution in [0.5, 0.6) is 11.5 Å². The van der Waals surface area contributed by atoms with Gasteiger partial charge in [0, 0.05) is 17.4 Å². The van der Waals surface area contributed by atoms with Crippen LogP contribution in [0.25, 0.3) is 0 Å². The Morgan fingerprint density at radius 1 is 1.13 bits per heavy atom. The average Bonchev–Trinajstić information content (AvgIpc) is 2.93. The molecule has 0 saturated carbocycles. The third-order valence-corrected chi connectivity index (χ3v) is 3.64. The summed E-state index contributed by atoms with van der Waals surface area (Å²) < 4.78 is 10.4. The number of nitrogens with one attached hydrogen (secondary N) is 2. The first-order chi connectivity index (χ1) is 11.1. The molecule has 6 nitrogen and oxygen atoms in total. The monoisotopic (exact) mass is 312 g/mol. The number of anilines is 2. The summed E-state index contributed by atoms with van der Waals surface area (Å²) in [4.78, 5) is 23.8. The number of rotatable bonds is 4. The molecule has 23 heavy (non-hydrogen) atoms. The Morgan fingerprint density at radius 3 is 2.70 bits per heavy atom. The van der Waals surface area contributed by atoms with Crippen molar-refractivity contribution in [3.63, 3.8) is 0 Å². The van der Waals surface area contributed by atoms with Crippen LogP contribution >= 0.6 is 0 Å². The molecule has 6 heteroatoms. The van der Waals surface area contributed by atoms with Gasteiger partial charge < -0.3 is 20.1 Å². The summed E-state index contributed by atoms with van der Waals surface area (Å²) in [5.74, 6) is 0.711. The van der Waals surface area contributed by atoms with Crippen molar-refractivity contribution in [1.82, 2.24) is 0 Å². The maximum atomic E-state index is 12.4. The molecular weight excluding hydrogens is 296 g/mol. The fourth-order valence-corrected chi connectivity index (χ4v) is 2.49. The van der Waals surface area contributed by atoms with Crippen LogP contribution in [-0.2, 0) is 11.2 Å². The van der Waals surface area contributed by atoms with E-state index >= 15 is 0 Å². The second kappa shape index (κ2) is 6.00. The van der Waals surface area contributed by atoms with Gasteiger partial charge in [-0.3, -0.25) is 9.59 Å². The minimum atomic E-state index is -0.290. The molecule has 118 valence electrons. The Labute approximate surface area is 133 Å². The first kappa shape index (κ1) is 14.9. The number of methoxy groups -OCH3 is 2. The van der Waals surface area contributed by atoms with Crippen LogP contribution in [0.1, 0.15) is 15.9 Å². The number of fused-ring (bicyclic) bond motifs is 1. The van der Waals surface area contributed by atoms with Gasteiger partial charge in [-0.2, -0.15) is 0 Å². The summed E-state index contributed by atoms with van der Waals surface area (Å²) in [6.45, 7) is 0. The van der Waals surface area contributed by atoms with E-state index in [0.717, 1.165) is 11.3 Å². The van der Waals surface area contributed by atoms with Crippen LogP contribution in [0.3, 0.4) is 0 Å². The number of hydrogen-bond donors (Lipinski definition) is 2. The molecule has 2 amide bonds. The summed E-state index contributed by atoms with van der Waals surface area (Å²) in [5, 5.41) is 5.57. The van der Waals surface area contributed by atoms with Crippen LogP contribution < -0.4 is 20.1 Å². The number of benzene rings is 2. The molecule has 0 radical (unpaired) electrons. The van der Waals surface area contributed by atoms with Gasteiger partial charge >= 0.3 is 0 Å². The molecule has 1 heterocycles. The van der Waals surface area contributed by atoms with Crippen molar-refractivity contribution in [3.05, 3.63) is 47.5 Å². The highest BCUT2D eigenvalue weighted by Gasteiger charge is 2.19. The van der Waals surface area contributed by atoms with Crippen molar-refractivity contribution in [2.24, 2.45) is 0 Å². The second-order valence-electron chi connectivity index (χ2n) is 5.12. The van der Waals surface area contributed by atoms with Crippen molar-refractivity contribution in [2.75, 3.05) is 24.9 Å². The Hall–Kier alpha value is -3.02. The fraction of sp³-hybridized carbons (Fsp3) is 0.176. The molecule has 1 aliphatic heterocycles. The van der Waals surface area contributed by atoms with Gasteiger partial charge in [0.05, 0.1) is 26.2 Å². The van der Waals surface area contributed by atoms with E-state index in [0.29, 0.717) is 29.2 Å². The lowest BCUT2D eigenvalue weighted by atomic mass is 10.1. The Balaban J connectivity index is 1.82. The lowest BCUT2D eigenvalue weighted by Gasteiger charge is -2.11. The van der Waals surface area contributed by atoms with Gasteiger partial charge in [-0.05, 0) is 35.9 Å². The quantitative estimate of drug-likeness (QED) is 0.909. The number of amides is 2. The number of carbonyl (C=O) groups is 2. The molecule has 2 aromatic carbocycles. The van der Waals surface area contributed by atoms with E-state index in [2.05, 4.69) is 10.6 Å². The highest BCUT2D eigenvalue weighted by molar-refractivity contribution is 6.07. The lowest BCUT2D eigenvalue weighted by Crippen LogP contribution is -2.13. The summed E-state index contributed by atoms with van der Waals surface area (Å²) >= 11 is 0. The summed E-state index contributed by atoms with van der Waals surface area (Å²) in [7, 11) is 3.05. The third kappa shape index (κ3) is 2.96. The van der Waals surface area contributed by atoms with Gasteiger partial charge in [0.1, 0.15) is 11.5 Å². The lowest BCUT2D eigenvalue weighted by molar-refractivity contribution is -0.115. The average molecular weight is 312 g/mol. The maximum absolute atomic E-state index is 12.4. The first-order valence-corrected chi connectivity index (χ1v) is 7.07. The largest absolute Gasteiger partial charge is 0.497 e. The van der Waals surface area contributed by atoms with E-state index in [4.69, 9.17) is 9.47 Å². The molecule has 0 fully saturated rings. The van der Waals surface area contributed by atoms with Crippen molar-refractivity contribution in [2.45, 2.75) is 6.42 Å². The maximum Gasteiger partial charge on any atom is 0.259 e. The molecule has 1 aliphatic rings. The van der Waals surface area contributed by atoms with E-state index in [1.807, 2.05) is 0 Å². The Kier molecular flexibility index (Phi) is 3.89. The molecule has 0 saturated heterocycles. The first-order valence-electron chi connectivity index (χ1n) is 7.07. The van der Waals surface area contributed by atoms with Gasteiger partial charge in [-0.1, -0.05) is 0 Å². The summed E-state index contributed by atoms with van der Waals surface area (Å²) in [6, 6.07) is 10.3. The molecule has 3 rings (SSSR count). The SMILES string of the molecule is COc1ccc(C(=O)Nc2ccc3c(c2)CC(=O)N3)c(OC)c1. The van der Waals surface area contributed by atoms with Crippen molar-refractivity contribution in [3.8, 4) is 11.5 Å². The predicted molar refractivity (Wildman–Crippen MR) is 86.3 cm³/mol. The second-order valence-corrected chi connectivity index (χ2v) is 5.12. The molecule has 0 unspecified atom stereocenters. The topological polar surface area (TPSA) is 76.7 Å². The van der Waals surface area contributed by atoms with E-state index in [1.165, 1.54) is 7.11 Å². The minimum Gasteiger partial charge on any atom is -0.497 e. The van der Waals surface area contributed by atoms with Crippen LogP contribution in [-0.4, -0.2) is 26.0 Å². The van der Waals surface area contributed by atoms with Crippen LogP contribution in [0.2, 0.25) is 0 Å². The molecule has 2 aromatic rings. The number of hydrogen-bond acceptors (Lipinski definition) is 4. The molecule has 2 N–H and O–H groups in total. The van der Waals surface area contributed by atoms with Gasteiger partial charge in [0.15, 0.2) is 0 Å². The highest BCUT2D eigenvalue weighted by Crippen LogP contribution is 2.28. The van der Waals surface area contributed by atoms with E-state index < -0.39 is 0 Å². The minimum absolute atomic E-state index is 0.0414. The third-order valence-electron chi connectivity index (χ3n) is 3.64.